The summed E-state index contributed by atoms with van der Waals surface area (Å²) < 4.78 is 4.74. The molecule has 3 rings (SSSR count). The molecule has 126 valence electrons. The molecule has 2 heterocycles. The van der Waals surface area contributed by atoms with Crippen LogP contribution in [0.2, 0.25) is 5.02 Å². The van der Waals surface area contributed by atoms with Crippen molar-refractivity contribution < 1.29 is 19.1 Å². The lowest BCUT2D eigenvalue weighted by molar-refractivity contribution is -0.129. The molecule has 6 nitrogen and oxygen atoms in total. The molecule has 0 spiro atoms. The van der Waals surface area contributed by atoms with E-state index in [0.29, 0.717) is 31.0 Å². The van der Waals surface area contributed by atoms with Gasteiger partial charge < -0.3 is 9.64 Å². The van der Waals surface area contributed by atoms with E-state index < -0.39 is 6.09 Å². The average Bonchev–Trinajstić information content (AvgIpc) is 2.93. The fourth-order valence-electron chi connectivity index (χ4n) is 2.94. The van der Waals surface area contributed by atoms with E-state index in [9.17, 15) is 14.4 Å². The maximum Gasteiger partial charge on any atom is 0.417 e. The van der Waals surface area contributed by atoms with Crippen LogP contribution in [0.4, 0.5) is 4.79 Å². The van der Waals surface area contributed by atoms with E-state index in [-0.39, 0.29) is 24.5 Å². The second-order valence-electron chi connectivity index (χ2n) is 5.73. The maximum absolute atomic E-state index is 12.3. The lowest BCUT2D eigenvalue weighted by atomic mass is 10.0. The van der Waals surface area contributed by atoms with Crippen LogP contribution in [-0.2, 0) is 14.3 Å². The highest BCUT2D eigenvalue weighted by molar-refractivity contribution is 6.32. The highest BCUT2D eigenvalue weighted by atomic mass is 35.5. The lowest BCUT2D eigenvalue weighted by Crippen LogP contribution is -2.48. The van der Waals surface area contributed by atoms with Crippen molar-refractivity contribution in [2.45, 2.75) is 18.9 Å². The standard InChI is InChI=1S/C17H17ClN2O4/c18-14-4-2-1-3-12(14)5-6-15(21)19-9-7-13(8-10-19)20-16(22)11-24-17(20)23/h1-6,13H,7-11H2. The van der Waals surface area contributed by atoms with Crippen molar-refractivity contribution in [2.75, 3.05) is 19.7 Å². The Morgan fingerprint density at radius 1 is 1.21 bits per heavy atom. The van der Waals surface area contributed by atoms with Crippen molar-refractivity contribution in [1.29, 1.82) is 0 Å². The van der Waals surface area contributed by atoms with Crippen LogP contribution in [0.15, 0.2) is 30.3 Å². The number of carbonyl (C=O) groups is 3. The van der Waals surface area contributed by atoms with Crippen molar-refractivity contribution in [3.63, 3.8) is 0 Å². The molecule has 0 radical (unpaired) electrons. The Hall–Kier alpha value is -2.34. The lowest BCUT2D eigenvalue weighted by Gasteiger charge is -2.34. The largest absolute Gasteiger partial charge is 0.439 e. The first-order chi connectivity index (χ1) is 11.6. The van der Waals surface area contributed by atoms with Crippen LogP contribution in [0.3, 0.4) is 0 Å². The first-order valence-corrected chi connectivity index (χ1v) is 8.14. The number of hydrogen-bond donors (Lipinski definition) is 0. The van der Waals surface area contributed by atoms with Gasteiger partial charge in [-0.15, -0.1) is 0 Å². The molecule has 24 heavy (non-hydrogen) atoms. The molecule has 0 unspecified atom stereocenters. The molecule has 0 saturated carbocycles. The Labute approximate surface area is 144 Å². The third-order valence-corrected chi connectivity index (χ3v) is 4.58. The molecule has 7 heteroatoms. The van der Waals surface area contributed by atoms with Gasteiger partial charge in [0.15, 0.2) is 6.61 Å². The predicted octanol–water partition coefficient (Wildman–Crippen LogP) is 2.32. The number of imide groups is 1. The molecule has 0 aromatic heterocycles. The monoisotopic (exact) mass is 348 g/mol. The zero-order valence-electron chi connectivity index (χ0n) is 13.0. The summed E-state index contributed by atoms with van der Waals surface area (Å²) >= 11 is 6.06. The number of amides is 3. The summed E-state index contributed by atoms with van der Waals surface area (Å²) in [6.45, 7) is 0.805. The first-order valence-electron chi connectivity index (χ1n) is 7.76. The van der Waals surface area contributed by atoms with Crippen LogP contribution in [0, 0.1) is 0 Å². The Kier molecular flexibility index (Phi) is 4.85. The molecule has 2 aliphatic heterocycles. The predicted molar refractivity (Wildman–Crippen MR) is 88.3 cm³/mol. The topological polar surface area (TPSA) is 66.9 Å². The van der Waals surface area contributed by atoms with Gasteiger partial charge in [-0.2, -0.15) is 0 Å². The van der Waals surface area contributed by atoms with Crippen molar-refractivity contribution in [3.8, 4) is 0 Å². The smallest absolute Gasteiger partial charge is 0.417 e. The van der Waals surface area contributed by atoms with E-state index in [0.717, 1.165) is 5.56 Å². The van der Waals surface area contributed by atoms with E-state index in [2.05, 4.69) is 0 Å². The van der Waals surface area contributed by atoms with Crippen LogP contribution in [0.25, 0.3) is 6.08 Å². The number of rotatable bonds is 3. The quantitative estimate of drug-likeness (QED) is 0.786. The number of cyclic esters (lactones) is 1. The van der Waals surface area contributed by atoms with E-state index in [1.807, 2.05) is 18.2 Å². The number of ether oxygens (including phenoxy) is 1. The maximum atomic E-state index is 12.3. The molecule has 3 amide bonds. The van der Waals surface area contributed by atoms with Gasteiger partial charge in [0.25, 0.3) is 5.91 Å². The summed E-state index contributed by atoms with van der Waals surface area (Å²) in [5.74, 6) is -0.410. The molecule has 0 bridgehead atoms. The number of nitrogens with zero attached hydrogens (tertiary/aromatic N) is 2. The van der Waals surface area contributed by atoms with Gasteiger partial charge in [-0.1, -0.05) is 29.8 Å². The van der Waals surface area contributed by atoms with Crippen LogP contribution in [0.1, 0.15) is 18.4 Å². The highest BCUT2D eigenvalue weighted by Gasteiger charge is 2.38. The third-order valence-electron chi connectivity index (χ3n) is 4.24. The van der Waals surface area contributed by atoms with Crippen LogP contribution in [-0.4, -0.2) is 53.4 Å². The molecule has 0 aliphatic carbocycles. The molecule has 2 fully saturated rings. The Bertz CT molecular complexity index is 680. The van der Waals surface area contributed by atoms with Gasteiger partial charge in [0.05, 0.1) is 0 Å². The molecule has 0 N–H and O–H groups in total. The van der Waals surface area contributed by atoms with Crippen LogP contribution in [0.5, 0.6) is 0 Å². The molecule has 1 aromatic rings. The number of piperidine rings is 1. The summed E-state index contributed by atoms with van der Waals surface area (Å²) in [5, 5.41) is 0.589. The van der Waals surface area contributed by atoms with Crippen LogP contribution >= 0.6 is 11.6 Å². The normalized spacial score (nSPS) is 19.2. The average molecular weight is 349 g/mol. The Morgan fingerprint density at radius 2 is 1.92 bits per heavy atom. The number of halogens is 1. The Balaban J connectivity index is 1.56. The minimum Gasteiger partial charge on any atom is -0.439 e. The zero-order chi connectivity index (χ0) is 17.1. The minimum absolute atomic E-state index is 0.108. The molecule has 2 saturated heterocycles. The van der Waals surface area contributed by atoms with Gasteiger partial charge in [0, 0.05) is 30.2 Å². The van der Waals surface area contributed by atoms with Gasteiger partial charge >= 0.3 is 6.09 Å². The molecule has 2 aliphatic rings. The van der Waals surface area contributed by atoms with Gasteiger partial charge in [-0.25, -0.2) is 9.69 Å². The fraction of sp³-hybridized carbons (Fsp3) is 0.353. The van der Waals surface area contributed by atoms with E-state index in [1.165, 1.54) is 11.0 Å². The number of hydrogen-bond acceptors (Lipinski definition) is 4. The molecule has 0 atom stereocenters. The number of benzene rings is 1. The van der Waals surface area contributed by atoms with Crippen molar-refractivity contribution in [2.24, 2.45) is 0 Å². The van der Waals surface area contributed by atoms with Gasteiger partial charge in [-0.05, 0) is 30.5 Å². The van der Waals surface area contributed by atoms with Gasteiger partial charge in [-0.3, -0.25) is 9.59 Å². The van der Waals surface area contributed by atoms with Crippen LogP contribution < -0.4 is 0 Å². The van der Waals surface area contributed by atoms with Crippen molar-refractivity contribution in [3.05, 3.63) is 40.9 Å². The Morgan fingerprint density at radius 3 is 2.54 bits per heavy atom. The molecular formula is C17H17ClN2O4. The van der Waals surface area contributed by atoms with Gasteiger partial charge in [0.2, 0.25) is 5.91 Å². The summed E-state index contributed by atoms with van der Waals surface area (Å²) in [6.07, 6.45) is 3.73. The minimum atomic E-state index is -0.580. The first kappa shape index (κ1) is 16.5. The van der Waals surface area contributed by atoms with Gasteiger partial charge in [0.1, 0.15) is 0 Å². The highest BCUT2D eigenvalue weighted by Crippen LogP contribution is 2.21. The number of likely N-dealkylation sites (tertiary alicyclic amines) is 1. The zero-order valence-corrected chi connectivity index (χ0v) is 13.7. The summed E-state index contributed by atoms with van der Waals surface area (Å²) in [7, 11) is 0. The fourth-order valence-corrected chi connectivity index (χ4v) is 3.14. The van der Waals surface area contributed by atoms with E-state index in [1.54, 1.807) is 17.0 Å². The molecule has 1 aromatic carbocycles. The van der Waals surface area contributed by atoms with Crippen molar-refractivity contribution in [1.82, 2.24) is 9.80 Å². The second-order valence-corrected chi connectivity index (χ2v) is 6.14. The van der Waals surface area contributed by atoms with E-state index >= 15 is 0 Å². The summed E-state index contributed by atoms with van der Waals surface area (Å²) in [5.41, 5.74) is 0.785. The SMILES string of the molecule is O=C(C=Cc1ccccc1Cl)N1CCC(N2C(=O)COC2=O)CC1. The third kappa shape index (κ3) is 3.43. The number of carbonyl (C=O) groups excluding carboxylic acids is 3. The molecular weight excluding hydrogens is 332 g/mol. The summed E-state index contributed by atoms with van der Waals surface area (Å²) in [6, 6.07) is 7.10. The second kappa shape index (κ2) is 7.05. The van der Waals surface area contributed by atoms with Crippen molar-refractivity contribution >= 4 is 35.6 Å². The van der Waals surface area contributed by atoms with E-state index in [4.69, 9.17) is 16.3 Å². The summed E-state index contributed by atoms with van der Waals surface area (Å²) in [4.78, 5) is 38.4.